The third kappa shape index (κ3) is 4.19. The molecule has 3 aromatic carbocycles. The Bertz CT molecular complexity index is 2600. The van der Waals surface area contributed by atoms with Gasteiger partial charge in [0.15, 0.2) is 0 Å². The fourth-order valence-corrected chi connectivity index (χ4v) is 9.66. The molecule has 2 atom stereocenters. The molecule has 0 spiro atoms. The van der Waals surface area contributed by atoms with Crippen molar-refractivity contribution in [3.05, 3.63) is 122 Å². The van der Waals surface area contributed by atoms with Crippen LogP contribution in [-0.4, -0.2) is 26.0 Å². The van der Waals surface area contributed by atoms with Gasteiger partial charge in [0.05, 0.1) is 11.3 Å². The molecule has 0 N–H and O–H groups in total. The fourth-order valence-electron chi connectivity index (χ4n) is 9.66. The van der Waals surface area contributed by atoms with E-state index in [-0.39, 0.29) is 31.9 Å². The standard InChI is InChI=1S/C45H44N4O2.Pt/c1-23-18-26(4)38-33(19-23)44(11)45(12,43(38,9)10)51-41(48-44)30-21-36(28(6)47-27(30)5)50-35-22-34-32(20-25(35)3)42(7,8)31-15-13-14-29-37-24(2)16-17-46-40(37)49(34)39(29)31;/h13-20H,1-12H3;/q-2;+2/t44-,45+;/m1./s1. The molecule has 7 heteroatoms. The van der Waals surface area contributed by atoms with Gasteiger partial charge in [-0.05, 0) is 85.3 Å². The zero-order valence-electron chi connectivity index (χ0n) is 32.0. The Morgan fingerprint density at radius 2 is 1.52 bits per heavy atom. The van der Waals surface area contributed by atoms with Gasteiger partial charge in [0, 0.05) is 28.1 Å². The Morgan fingerprint density at radius 1 is 0.769 bits per heavy atom. The first-order chi connectivity index (χ1) is 24.0. The second-order valence-corrected chi connectivity index (χ2v) is 16.5. The van der Waals surface area contributed by atoms with Crippen molar-refractivity contribution in [2.75, 3.05) is 0 Å². The maximum absolute atomic E-state index is 7.01. The molecule has 6 aromatic rings. The minimum absolute atomic E-state index is 0. The van der Waals surface area contributed by atoms with Gasteiger partial charge in [0.2, 0.25) is 0 Å². The number of aromatic nitrogens is 3. The number of benzene rings is 3. The summed E-state index contributed by atoms with van der Waals surface area (Å²) in [6.07, 6.45) is 1.90. The average molecular weight is 868 g/mol. The molecule has 9 rings (SSSR count). The van der Waals surface area contributed by atoms with E-state index in [9.17, 15) is 0 Å². The number of aliphatic imine (C=N–C) groups is 1. The van der Waals surface area contributed by atoms with Gasteiger partial charge < -0.3 is 19.0 Å². The summed E-state index contributed by atoms with van der Waals surface area (Å²) in [4.78, 5) is 15.3. The van der Waals surface area contributed by atoms with E-state index in [1.165, 1.54) is 55.2 Å². The van der Waals surface area contributed by atoms with Crippen molar-refractivity contribution in [2.45, 2.75) is 105 Å². The number of para-hydroxylation sites is 1. The van der Waals surface area contributed by atoms with E-state index in [1.807, 2.05) is 20.0 Å². The molecule has 0 amide bonds. The van der Waals surface area contributed by atoms with E-state index in [0.717, 1.165) is 33.8 Å². The third-order valence-electron chi connectivity index (χ3n) is 12.7. The van der Waals surface area contributed by atoms with Crippen molar-refractivity contribution in [3.63, 3.8) is 0 Å². The van der Waals surface area contributed by atoms with Gasteiger partial charge >= 0.3 is 21.1 Å². The van der Waals surface area contributed by atoms with Crippen LogP contribution in [0, 0.1) is 53.7 Å². The van der Waals surface area contributed by atoms with Crippen LogP contribution >= 0.6 is 0 Å². The summed E-state index contributed by atoms with van der Waals surface area (Å²) in [5, 5.41) is 2.38. The Morgan fingerprint density at radius 3 is 2.27 bits per heavy atom. The van der Waals surface area contributed by atoms with Crippen LogP contribution in [0.1, 0.15) is 103 Å². The summed E-state index contributed by atoms with van der Waals surface area (Å²) >= 11 is 0. The van der Waals surface area contributed by atoms with E-state index in [1.54, 1.807) is 0 Å². The predicted molar refractivity (Wildman–Crippen MR) is 204 cm³/mol. The maximum Gasteiger partial charge on any atom is 2.00 e. The van der Waals surface area contributed by atoms with Gasteiger partial charge in [-0.2, -0.15) is 6.07 Å². The number of ether oxygens (including phenoxy) is 2. The fraction of sp³-hybridized carbons (Fsp3) is 0.356. The zero-order valence-corrected chi connectivity index (χ0v) is 34.3. The largest absolute Gasteiger partial charge is 2.00 e. The summed E-state index contributed by atoms with van der Waals surface area (Å²) in [5.74, 6) is 1.72. The van der Waals surface area contributed by atoms with E-state index in [2.05, 4.69) is 128 Å². The van der Waals surface area contributed by atoms with Gasteiger partial charge in [-0.25, -0.2) is 4.98 Å². The first-order valence-electron chi connectivity index (χ1n) is 18.0. The van der Waals surface area contributed by atoms with Gasteiger partial charge in [0.1, 0.15) is 22.7 Å². The molecular weight excluding hydrogens is 824 g/mol. The first-order valence-corrected chi connectivity index (χ1v) is 18.0. The van der Waals surface area contributed by atoms with Crippen LogP contribution in [0.25, 0.3) is 27.6 Å². The normalized spacial score (nSPS) is 21.7. The molecule has 0 unspecified atom stereocenters. The minimum atomic E-state index is -0.606. The van der Waals surface area contributed by atoms with Crippen LogP contribution in [0.5, 0.6) is 11.5 Å². The summed E-state index contributed by atoms with van der Waals surface area (Å²) < 4.78 is 16.1. The average Bonchev–Trinajstić information content (AvgIpc) is 3.58. The second kappa shape index (κ2) is 10.9. The zero-order chi connectivity index (χ0) is 36.2. The maximum atomic E-state index is 7.01. The monoisotopic (exact) mass is 867 g/mol. The van der Waals surface area contributed by atoms with Gasteiger partial charge in [-0.15, -0.1) is 17.2 Å². The van der Waals surface area contributed by atoms with Gasteiger partial charge in [0.25, 0.3) is 0 Å². The molecule has 0 fully saturated rings. The summed E-state index contributed by atoms with van der Waals surface area (Å²) in [6.45, 7) is 26.1. The van der Waals surface area contributed by atoms with Crippen LogP contribution in [0.2, 0.25) is 0 Å². The van der Waals surface area contributed by atoms with Gasteiger partial charge in [-0.3, -0.25) is 4.99 Å². The van der Waals surface area contributed by atoms with Crippen molar-refractivity contribution in [1.29, 1.82) is 0 Å². The third-order valence-corrected chi connectivity index (χ3v) is 12.7. The molecule has 0 saturated carbocycles. The van der Waals surface area contributed by atoms with E-state index in [4.69, 9.17) is 24.4 Å². The molecule has 1 aliphatic carbocycles. The van der Waals surface area contributed by atoms with Crippen molar-refractivity contribution in [2.24, 2.45) is 4.99 Å². The summed E-state index contributed by atoms with van der Waals surface area (Å²) in [6, 6.07) is 22.8. The quantitative estimate of drug-likeness (QED) is 0.166. The molecule has 52 heavy (non-hydrogen) atoms. The number of fused-ring (bicyclic) bond motifs is 8. The topological polar surface area (TPSA) is 61.5 Å². The van der Waals surface area contributed by atoms with Crippen molar-refractivity contribution in [1.82, 2.24) is 14.5 Å². The number of hydrogen-bond acceptors (Lipinski definition) is 5. The predicted octanol–water partition coefficient (Wildman–Crippen LogP) is 10.2. The summed E-state index contributed by atoms with van der Waals surface area (Å²) in [7, 11) is 0. The van der Waals surface area contributed by atoms with Crippen LogP contribution in [-0.2, 0) is 42.2 Å². The second-order valence-electron chi connectivity index (χ2n) is 16.5. The Kier molecular flexibility index (Phi) is 7.28. The molecular formula is C45H44N4O2Pt. The van der Waals surface area contributed by atoms with Crippen LogP contribution in [0.4, 0.5) is 0 Å². The molecule has 0 bridgehead atoms. The van der Waals surface area contributed by atoms with Crippen molar-refractivity contribution >= 4 is 27.8 Å². The molecule has 2 aliphatic heterocycles. The summed E-state index contributed by atoms with van der Waals surface area (Å²) in [5.41, 5.74) is 13.4. The van der Waals surface area contributed by atoms with Gasteiger partial charge in [-0.1, -0.05) is 102 Å². The molecule has 5 heterocycles. The van der Waals surface area contributed by atoms with Crippen molar-refractivity contribution < 1.29 is 30.5 Å². The van der Waals surface area contributed by atoms with E-state index < -0.39 is 11.1 Å². The van der Waals surface area contributed by atoms with E-state index >= 15 is 0 Å². The van der Waals surface area contributed by atoms with Crippen LogP contribution in [0.15, 0.2) is 53.7 Å². The number of aryl methyl sites for hydroxylation is 6. The number of rotatable bonds is 3. The smallest absolute Gasteiger partial charge is 0.510 e. The Balaban J connectivity index is 0.00000387. The van der Waals surface area contributed by atoms with E-state index in [0.29, 0.717) is 17.4 Å². The molecule has 0 radical (unpaired) electrons. The Labute approximate surface area is 321 Å². The molecule has 266 valence electrons. The Hall–Kier alpha value is -4.28. The number of pyridine rings is 2. The minimum Gasteiger partial charge on any atom is -0.510 e. The van der Waals surface area contributed by atoms with Crippen LogP contribution in [0.3, 0.4) is 0 Å². The first kappa shape index (κ1) is 34.8. The number of hydrogen-bond donors (Lipinski definition) is 0. The molecule has 3 aliphatic rings. The molecule has 3 aromatic heterocycles. The number of nitrogens with zero attached hydrogens (tertiary/aromatic N) is 4. The van der Waals surface area contributed by atoms with Crippen LogP contribution < -0.4 is 4.74 Å². The molecule has 6 nitrogen and oxygen atoms in total. The SMILES string of the molecule is Cc1cc(C)c2c(c1)[C@@]1(C)N=C(c3[c-]c(Oc4[c-]c5c(cc4C)C(C)(C)c4cccc6c7c(C)ccnc7n-5c46)c(C)nc3C)O[C@@]1(C)C2(C)C.[Pt+2]. The van der Waals surface area contributed by atoms with Crippen molar-refractivity contribution in [3.8, 4) is 17.2 Å². The molecule has 0 saturated heterocycles.